The van der Waals surface area contributed by atoms with E-state index in [0.29, 0.717) is 6.54 Å². The first kappa shape index (κ1) is 17.2. The molecule has 0 aromatic heterocycles. The van der Waals surface area contributed by atoms with E-state index in [-0.39, 0.29) is 11.9 Å². The summed E-state index contributed by atoms with van der Waals surface area (Å²) in [6, 6.07) is 18.4. The van der Waals surface area contributed by atoms with Crippen molar-refractivity contribution in [2.45, 2.75) is 39.4 Å². The second-order valence-electron chi connectivity index (χ2n) is 5.96. The van der Waals surface area contributed by atoms with Gasteiger partial charge in [-0.1, -0.05) is 61.5 Å². The van der Waals surface area contributed by atoms with Gasteiger partial charge in [0.25, 0.3) is 0 Å². The first-order valence-electron chi connectivity index (χ1n) is 8.20. The Hall–Kier alpha value is -2.13. The van der Waals surface area contributed by atoms with Crippen molar-refractivity contribution in [1.82, 2.24) is 10.2 Å². The van der Waals surface area contributed by atoms with Crippen molar-refractivity contribution in [3.05, 3.63) is 71.3 Å². The predicted octanol–water partition coefficient (Wildman–Crippen LogP) is 3.39. The first-order chi connectivity index (χ1) is 11.1. The Morgan fingerprint density at radius 2 is 1.61 bits per heavy atom. The molecule has 0 unspecified atom stereocenters. The van der Waals surface area contributed by atoms with Crippen LogP contribution in [-0.2, 0) is 24.3 Å². The minimum absolute atomic E-state index is 0.0570. The number of hydrogen-bond acceptors (Lipinski definition) is 2. The van der Waals surface area contributed by atoms with Gasteiger partial charge in [-0.05, 0) is 37.1 Å². The summed E-state index contributed by atoms with van der Waals surface area (Å²) in [5.41, 5.74) is 3.68. The highest BCUT2D eigenvalue weighted by atomic mass is 16.2. The highest BCUT2D eigenvalue weighted by molar-refractivity contribution is 5.81. The molecule has 122 valence electrons. The lowest BCUT2D eigenvalue weighted by molar-refractivity contribution is -0.125. The minimum atomic E-state index is -0.162. The third kappa shape index (κ3) is 5.22. The molecule has 2 rings (SSSR count). The highest BCUT2D eigenvalue weighted by Gasteiger charge is 2.17. The van der Waals surface area contributed by atoms with Gasteiger partial charge in [0.05, 0.1) is 6.04 Å². The van der Waals surface area contributed by atoms with E-state index in [1.807, 2.05) is 44.3 Å². The van der Waals surface area contributed by atoms with Crippen LogP contribution in [0.5, 0.6) is 0 Å². The molecular formula is C20H26N2O. The Morgan fingerprint density at radius 1 is 1.00 bits per heavy atom. The van der Waals surface area contributed by atoms with Gasteiger partial charge in [-0.15, -0.1) is 0 Å². The van der Waals surface area contributed by atoms with Gasteiger partial charge < -0.3 is 5.32 Å². The Labute approximate surface area is 139 Å². The molecule has 2 aromatic carbocycles. The Bertz CT molecular complexity index is 607. The van der Waals surface area contributed by atoms with Gasteiger partial charge in [-0.25, -0.2) is 0 Å². The van der Waals surface area contributed by atoms with E-state index in [4.69, 9.17) is 0 Å². The van der Waals surface area contributed by atoms with Crippen molar-refractivity contribution in [2.24, 2.45) is 0 Å². The first-order valence-corrected chi connectivity index (χ1v) is 8.20. The average Bonchev–Trinajstić information content (AvgIpc) is 2.60. The van der Waals surface area contributed by atoms with E-state index in [1.165, 1.54) is 11.1 Å². The topological polar surface area (TPSA) is 32.3 Å². The van der Waals surface area contributed by atoms with Crippen LogP contribution in [0.4, 0.5) is 0 Å². The predicted molar refractivity (Wildman–Crippen MR) is 95.0 cm³/mol. The standard InChI is InChI=1S/C20H26N2O/c1-4-17-10-12-19(13-11-17)15-22(3)16(2)20(23)21-14-18-8-6-5-7-9-18/h5-13,16H,4,14-15H2,1-3H3,(H,21,23)/t16-/m0/s1. The highest BCUT2D eigenvalue weighted by Crippen LogP contribution is 2.09. The summed E-state index contributed by atoms with van der Waals surface area (Å²) >= 11 is 0. The molecule has 3 nitrogen and oxygen atoms in total. The second-order valence-corrected chi connectivity index (χ2v) is 5.96. The largest absolute Gasteiger partial charge is 0.351 e. The number of aryl methyl sites for hydroxylation is 1. The van der Waals surface area contributed by atoms with Crippen LogP contribution >= 0.6 is 0 Å². The van der Waals surface area contributed by atoms with Crippen molar-refractivity contribution in [2.75, 3.05) is 7.05 Å². The van der Waals surface area contributed by atoms with E-state index in [9.17, 15) is 4.79 Å². The van der Waals surface area contributed by atoms with Crippen molar-refractivity contribution in [3.63, 3.8) is 0 Å². The molecule has 2 aromatic rings. The third-order valence-corrected chi connectivity index (χ3v) is 4.21. The molecule has 0 saturated carbocycles. The van der Waals surface area contributed by atoms with Crippen molar-refractivity contribution < 1.29 is 4.79 Å². The van der Waals surface area contributed by atoms with Crippen LogP contribution in [0.2, 0.25) is 0 Å². The zero-order chi connectivity index (χ0) is 16.7. The number of benzene rings is 2. The minimum Gasteiger partial charge on any atom is -0.351 e. The summed E-state index contributed by atoms with van der Waals surface area (Å²) in [5.74, 6) is 0.0570. The van der Waals surface area contributed by atoms with E-state index in [2.05, 4.69) is 41.4 Å². The fourth-order valence-corrected chi connectivity index (χ4v) is 2.44. The normalized spacial score (nSPS) is 12.2. The summed E-state index contributed by atoms with van der Waals surface area (Å²) < 4.78 is 0. The molecule has 1 amide bonds. The van der Waals surface area contributed by atoms with Gasteiger partial charge in [0, 0.05) is 13.1 Å². The number of nitrogens with one attached hydrogen (secondary N) is 1. The molecule has 0 fully saturated rings. The number of carbonyl (C=O) groups excluding carboxylic acids is 1. The van der Waals surface area contributed by atoms with Crippen LogP contribution < -0.4 is 5.32 Å². The summed E-state index contributed by atoms with van der Waals surface area (Å²) in [4.78, 5) is 14.4. The van der Waals surface area contributed by atoms with Crippen LogP contribution in [0.25, 0.3) is 0 Å². The SMILES string of the molecule is CCc1ccc(CN(C)[C@@H](C)C(=O)NCc2ccccc2)cc1. The van der Waals surface area contributed by atoms with Gasteiger partial charge in [0.1, 0.15) is 0 Å². The zero-order valence-corrected chi connectivity index (χ0v) is 14.3. The molecule has 0 aliphatic heterocycles. The van der Waals surface area contributed by atoms with Crippen molar-refractivity contribution >= 4 is 5.91 Å². The number of hydrogen-bond donors (Lipinski definition) is 1. The van der Waals surface area contributed by atoms with Gasteiger partial charge in [-0.3, -0.25) is 9.69 Å². The van der Waals surface area contributed by atoms with E-state index < -0.39 is 0 Å². The molecule has 0 heterocycles. The summed E-state index contributed by atoms with van der Waals surface area (Å²) in [7, 11) is 1.99. The molecule has 0 radical (unpaired) electrons. The third-order valence-electron chi connectivity index (χ3n) is 4.21. The van der Waals surface area contributed by atoms with Crippen LogP contribution in [0.3, 0.4) is 0 Å². The fourth-order valence-electron chi connectivity index (χ4n) is 2.44. The maximum Gasteiger partial charge on any atom is 0.237 e. The number of amides is 1. The van der Waals surface area contributed by atoms with Crippen LogP contribution in [-0.4, -0.2) is 23.9 Å². The molecule has 0 aliphatic rings. The maximum atomic E-state index is 12.3. The molecule has 1 N–H and O–H groups in total. The average molecular weight is 310 g/mol. The quantitative estimate of drug-likeness (QED) is 0.850. The van der Waals surface area contributed by atoms with Gasteiger partial charge in [0.2, 0.25) is 5.91 Å². The fraction of sp³-hybridized carbons (Fsp3) is 0.350. The number of carbonyl (C=O) groups is 1. The molecule has 3 heteroatoms. The second kappa shape index (κ2) is 8.49. The molecule has 0 spiro atoms. The monoisotopic (exact) mass is 310 g/mol. The number of rotatable bonds is 7. The summed E-state index contributed by atoms with van der Waals surface area (Å²) in [6.45, 7) is 5.44. The Morgan fingerprint density at radius 3 is 2.22 bits per heavy atom. The molecule has 23 heavy (non-hydrogen) atoms. The summed E-state index contributed by atoms with van der Waals surface area (Å²) in [6.07, 6.45) is 1.05. The lowest BCUT2D eigenvalue weighted by Crippen LogP contribution is -2.42. The number of nitrogens with zero attached hydrogens (tertiary/aromatic N) is 1. The molecule has 0 aliphatic carbocycles. The number of likely N-dealkylation sites (N-methyl/N-ethyl adjacent to an activating group) is 1. The van der Waals surface area contributed by atoms with E-state index in [1.54, 1.807) is 0 Å². The zero-order valence-electron chi connectivity index (χ0n) is 14.3. The lowest BCUT2D eigenvalue weighted by atomic mass is 10.1. The smallest absolute Gasteiger partial charge is 0.237 e. The van der Waals surface area contributed by atoms with Crippen LogP contribution in [0.1, 0.15) is 30.5 Å². The molecular weight excluding hydrogens is 284 g/mol. The van der Waals surface area contributed by atoms with Gasteiger partial charge in [0.15, 0.2) is 0 Å². The molecule has 1 atom stereocenters. The maximum absolute atomic E-state index is 12.3. The van der Waals surface area contributed by atoms with E-state index in [0.717, 1.165) is 18.5 Å². The summed E-state index contributed by atoms with van der Waals surface area (Å²) in [5, 5.41) is 3.00. The van der Waals surface area contributed by atoms with Crippen LogP contribution in [0.15, 0.2) is 54.6 Å². The molecule has 0 saturated heterocycles. The van der Waals surface area contributed by atoms with Gasteiger partial charge in [-0.2, -0.15) is 0 Å². The lowest BCUT2D eigenvalue weighted by Gasteiger charge is -2.24. The Kier molecular flexibility index (Phi) is 6.36. The Balaban J connectivity index is 1.85. The van der Waals surface area contributed by atoms with Crippen molar-refractivity contribution in [3.8, 4) is 0 Å². The van der Waals surface area contributed by atoms with E-state index >= 15 is 0 Å². The van der Waals surface area contributed by atoms with Gasteiger partial charge >= 0.3 is 0 Å². The van der Waals surface area contributed by atoms with Crippen LogP contribution in [0, 0.1) is 0 Å². The van der Waals surface area contributed by atoms with Crippen molar-refractivity contribution in [1.29, 1.82) is 0 Å². The molecule has 0 bridgehead atoms.